The number of amides is 1. The number of aromatic nitrogens is 3. The van der Waals surface area contributed by atoms with Crippen molar-refractivity contribution in [3.05, 3.63) is 54.0 Å². The third-order valence-electron chi connectivity index (χ3n) is 4.78. The van der Waals surface area contributed by atoms with Gasteiger partial charge in [-0.25, -0.2) is 0 Å². The van der Waals surface area contributed by atoms with Crippen molar-refractivity contribution in [1.82, 2.24) is 20.1 Å². The number of nitrogens with zero attached hydrogens (tertiary/aromatic N) is 3. The first-order chi connectivity index (χ1) is 14.8. The Morgan fingerprint density at radius 2 is 1.97 bits per heavy atom. The average molecular weight is 443 g/mol. The second-order valence-corrected chi connectivity index (χ2v) is 9.45. The number of methoxy groups -OCH3 is 1. The highest BCUT2D eigenvalue weighted by Gasteiger charge is 2.19. The Hall–Kier alpha value is -2.58. The van der Waals surface area contributed by atoms with Gasteiger partial charge in [0.2, 0.25) is 5.91 Å². The zero-order valence-corrected chi connectivity index (χ0v) is 19.5. The maximum absolute atomic E-state index is 12.3. The maximum atomic E-state index is 12.3. The monoisotopic (exact) mass is 442 g/mol. The molecule has 0 saturated carbocycles. The van der Waals surface area contributed by atoms with Crippen LogP contribution in [0.4, 0.5) is 0 Å². The van der Waals surface area contributed by atoms with Crippen molar-refractivity contribution in [3.63, 3.8) is 0 Å². The summed E-state index contributed by atoms with van der Waals surface area (Å²) in [7, 11) is 1.62. The molecule has 1 aromatic carbocycles. The second-order valence-electron chi connectivity index (χ2n) is 8.51. The summed E-state index contributed by atoms with van der Waals surface area (Å²) in [6.45, 7) is 9.43. The van der Waals surface area contributed by atoms with Gasteiger partial charge in [0.15, 0.2) is 11.0 Å². The summed E-state index contributed by atoms with van der Waals surface area (Å²) < 4.78 is 12.6. The van der Waals surface area contributed by atoms with Crippen LogP contribution in [0.1, 0.15) is 39.0 Å². The molecule has 0 fully saturated rings. The Kier molecular flexibility index (Phi) is 7.56. The van der Waals surface area contributed by atoms with Gasteiger partial charge in [-0.05, 0) is 30.0 Å². The van der Waals surface area contributed by atoms with Crippen molar-refractivity contribution >= 4 is 17.7 Å². The van der Waals surface area contributed by atoms with Gasteiger partial charge >= 0.3 is 0 Å². The summed E-state index contributed by atoms with van der Waals surface area (Å²) in [5, 5.41) is 12.4. The fraction of sp³-hybridized carbons (Fsp3) is 0.435. The van der Waals surface area contributed by atoms with E-state index in [4.69, 9.17) is 9.15 Å². The van der Waals surface area contributed by atoms with Gasteiger partial charge in [-0.2, -0.15) is 0 Å². The summed E-state index contributed by atoms with van der Waals surface area (Å²) in [4.78, 5) is 12.3. The minimum atomic E-state index is -0.0711. The lowest BCUT2D eigenvalue weighted by atomic mass is 9.87. The van der Waals surface area contributed by atoms with Gasteiger partial charge in [0.05, 0.1) is 25.2 Å². The Bertz CT molecular complexity index is 975. The molecule has 7 nitrogen and oxygen atoms in total. The van der Waals surface area contributed by atoms with E-state index < -0.39 is 0 Å². The van der Waals surface area contributed by atoms with E-state index in [0.29, 0.717) is 18.3 Å². The summed E-state index contributed by atoms with van der Waals surface area (Å²) in [6, 6.07) is 12.1. The molecule has 2 aromatic heterocycles. The molecule has 166 valence electrons. The van der Waals surface area contributed by atoms with Crippen molar-refractivity contribution in [3.8, 4) is 11.4 Å². The predicted molar refractivity (Wildman–Crippen MR) is 122 cm³/mol. The highest BCUT2D eigenvalue weighted by Crippen LogP contribution is 2.28. The van der Waals surface area contributed by atoms with Crippen molar-refractivity contribution < 1.29 is 13.9 Å². The van der Waals surface area contributed by atoms with Gasteiger partial charge in [0, 0.05) is 18.7 Å². The SMILES string of the molecule is COCC(C)NC(=O)CSc1nnc(-c2ccc(C(C)(C)C)cc2)n1Cc1ccco1. The number of thioether (sulfide) groups is 1. The van der Waals surface area contributed by atoms with Crippen LogP contribution in [-0.2, 0) is 21.5 Å². The Labute approximate surface area is 187 Å². The number of furan rings is 1. The molecular weight excluding hydrogens is 412 g/mol. The number of carbonyl (C=O) groups is 1. The number of hydrogen-bond donors (Lipinski definition) is 1. The topological polar surface area (TPSA) is 82.2 Å². The molecule has 0 bridgehead atoms. The van der Waals surface area contributed by atoms with Crippen LogP contribution in [0.3, 0.4) is 0 Å². The molecule has 0 aliphatic carbocycles. The van der Waals surface area contributed by atoms with E-state index in [1.165, 1.54) is 17.3 Å². The first kappa shape index (κ1) is 23.1. The summed E-state index contributed by atoms with van der Waals surface area (Å²) in [5.41, 5.74) is 2.30. The molecule has 1 atom stereocenters. The number of nitrogens with one attached hydrogen (secondary N) is 1. The summed E-state index contributed by atoms with van der Waals surface area (Å²) in [5.74, 6) is 1.71. The lowest BCUT2D eigenvalue weighted by molar-refractivity contribution is -0.119. The molecule has 0 spiro atoms. The van der Waals surface area contributed by atoms with Crippen LogP contribution in [0.5, 0.6) is 0 Å². The lowest BCUT2D eigenvalue weighted by Crippen LogP contribution is -2.36. The van der Waals surface area contributed by atoms with Crippen molar-refractivity contribution in [2.45, 2.75) is 50.9 Å². The van der Waals surface area contributed by atoms with E-state index in [9.17, 15) is 4.79 Å². The Balaban J connectivity index is 1.82. The third-order valence-corrected chi connectivity index (χ3v) is 5.74. The molecule has 3 aromatic rings. The molecule has 0 aliphatic heterocycles. The van der Waals surface area contributed by atoms with Crippen molar-refractivity contribution in [2.24, 2.45) is 0 Å². The van der Waals surface area contributed by atoms with Crippen LogP contribution < -0.4 is 5.32 Å². The van der Waals surface area contributed by atoms with E-state index >= 15 is 0 Å². The van der Waals surface area contributed by atoms with Crippen LogP contribution >= 0.6 is 11.8 Å². The zero-order chi connectivity index (χ0) is 22.4. The largest absolute Gasteiger partial charge is 0.467 e. The minimum absolute atomic E-state index is 0.0454. The molecule has 2 heterocycles. The molecule has 31 heavy (non-hydrogen) atoms. The maximum Gasteiger partial charge on any atom is 0.230 e. The van der Waals surface area contributed by atoms with Gasteiger partial charge in [0.1, 0.15) is 5.76 Å². The molecule has 1 amide bonds. The molecule has 3 rings (SSSR count). The van der Waals surface area contributed by atoms with Crippen LogP contribution in [0.2, 0.25) is 0 Å². The number of carbonyl (C=O) groups excluding carboxylic acids is 1. The van der Waals surface area contributed by atoms with Gasteiger partial charge in [0.25, 0.3) is 0 Å². The standard InChI is InChI=1S/C23H30N4O3S/c1-16(14-29-5)24-20(28)15-31-22-26-25-21(27(22)13-19-7-6-12-30-19)17-8-10-18(11-9-17)23(2,3)4/h6-12,16H,13-15H2,1-5H3,(H,24,28). The molecule has 0 aliphatic rings. The Morgan fingerprint density at radius 3 is 2.58 bits per heavy atom. The molecule has 8 heteroatoms. The number of benzene rings is 1. The summed E-state index contributed by atoms with van der Waals surface area (Å²) in [6.07, 6.45) is 1.65. The zero-order valence-electron chi connectivity index (χ0n) is 18.7. The first-order valence-corrected chi connectivity index (χ1v) is 11.2. The van der Waals surface area contributed by atoms with E-state index in [-0.39, 0.29) is 23.1 Å². The predicted octanol–water partition coefficient (Wildman–Crippen LogP) is 4.13. The van der Waals surface area contributed by atoms with E-state index in [1.807, 2.05) is 23.6 Å². The highest BCUT2D eigenvalue weighted by atomic mass is 32.2. The smallest absolute Gasteiger partial charge is 0.230 e. The molecule has 0 radical (unpaired) electrons. The molecular formula is C23H30N4O3S. The van der Waals surface area contributed by atoms with Crippen LogP contribution in [0.25, 0.3) is 11.4 Å². The van der Waals surface area contributed by atoms with E-state index in [0.717, 1.165) is 17.1 Å². The van der Waals surface area contributed by atoms with Crippen molar-refractivity contribution in [1.29, 1.82) is 0 Å². The summed E-state index contributed by atoms with van der Waals surface area (Å²) >= 11 is 1.35. The van der Waals surface area contributed by atoms with Gasteiger partial charge in [-0.15, -0.1) is 10.2 Å². The van der Waals surface area contributed by atoms with Crippen LogP contribution in [0, 0.1) is 0 Å². The van der Waals surface area contributed by atoms with Gasteiger partial charge in [-0.3, -0.25) is 9.36 Å². The highest BCUT2D eigenvalue weighted by molar-refractivity contribution is 7.99. The van der Waals surface area contributed by atoms with Crippen LogP contribution in [-0.4, -0.2) is 46.2 Å². The number of ether oxygens (including phenoxy) is 1. The van der Waals surface area contributed by atoms with Gasteiger partial charge in [-0.1, -0.05) is 56.8 Å². The van der Waals surface area contributed by atoms with E-state index in [1.54, 1.807) is 13.4 Å². The number of hydrogen-bond acceptors (Lipinski definition) is 6. The lowest BCUT2D eigenvalue weighted by Gasteiger charge is -2.19. The van der Waals surface area contributed by atoms with E-state index in [2.05, 4.69) is 60.6 Å². The van der Waals surface area contributed by atoms with Gasteiger partial charge < -0.3 is 14.5 Å². The van der Waals surface area contributed by atoms with Crippen molar-refractivity contribution in [2.75, 3.05) is 19.5 Å². The fourth-order valence-electron chi connectivity index (χ4n) is 3.17. The average Bonchev–Trinajstić information content (AvgIpc) is 3.36. The number of rotatable bonds is 9. The third kappa shape index (κ3) is 6.21. The second kappa shape index (κ2) is 10.2. The normalized spacial score (nSPS) is 12.7. The molecule has 0 saturated heterocycles. The van der Waals surface area contributed by atoms with Crippen LogP contribution in [0.15, 0.2) is 52.2 Å². The Morgan fingerprint density at radius 1 is 1.23 bits per heavy atom. The first-order valence-electron chi connectivity index (χ1n) is 10.3. The fourth-order valence-corrected chi connectivity index (χ4v) is 3.92. The quantitative estimate of drug-likeness (QED) is 0.502. The molecule has 1 N–H and O–H groups in total. The molecule has 1 unspecified atom stereocenters. The minimum Gasteiger partial charge on any atom is -0.467 e.